The van der Waals surface area contributed by atoms with Crippen LogP contribution in [-0.2, 0) is 23.9 Å². The molecular weight excluding hydrogens is 965 g/mol. The minimum atomic E-state index is -1.90. The van der Waals surface area contributed by atoms with Crippen molar-refractivity contribution in [3.8, 4) is 17.2 Å². The van der Waals surface area contributed by atoms with E-state index in [9.17, 15) is 34.5 Å². The van der Waals surface area contributed by atoms with Crippen LogP contribution in [-0.4, -0.2) is 123 Å². The summed E-state index contributed by atoms with van der Waals surface area (Å²) >= 11 is 0. The van der Waals surface area contributed by atoms with Crippen LogP contribution >= 0.6 is 0 Å². The van der Waals surface area contributed by atoms with Gasteiger partial charge in [-0.1, -0.05) is 99.7 Å². The van der Waals surface area contributed by atoms with E-state index in [1.54, 1.807) is 37.0 Å². The van der Waals surface area contributed by atoms with Crippen molar-refractivity contribution in [1.82, 2.24) is 14.7 Å². The minimum Gasteiger partial charge on any atom is -0.507 e. The minimum absolute atomic E-state index is 0.00837. The van der Waals surface area contributed by atoms with Crippen LogP contribution in [0.15, 0.2) is 107 Å². The number of Topliss-reactive ketones (excluding diaryl/α,β-unsaturated/α-hetero) is 1. The van der Waals surface area contributed by atoms with Crippen LogP contribution in [0.3, 0.4) is 0 Å². The van der Waals surface area contributed by atoms with Gasteiger partial charge in [-0.15, -0.1) is 0 Å². The SMILES string of the molecule is C/C1=C/C=C/C(C)CCC(O)C[C@H](OC(=O)CC(=O)N2CCN(C(c3ccccc3)c3ccccc3)CC2)CC/C=C/OC2(C)Oc3c(C)c(O)c4c(O)c(c5c(c4c3C2=O)NC2(CCN(CC(C)C)CC2)N=5)=NC1=O. The highest BCUT2D eigenvalue weighted by Gasteiger charge is 2.50. The predicted octanol–water partition coefficient (Wildman–Crippen LogP) is 7.72. The fraction of sp³-hybridized carbons (Fsp3) is 0.467. The summed E-state index contributed by atoms with van der Waals surface area (Å²) in [4.78, 5) is 72.0. The molecule has 2 saturated heterocycles. The van der Waals surface area contributed by atoms with Gasteiger partial charge in [0, 0.05) is 88.5 Å². The number of aliphatic hydroxyl groups is 1. The zero-order chi connectivity index (χ0) is 53.9. The highest BCUT2D eigenvalue weighted by molar-refractivity contribution is 6.21. The number of carbonyl (C=O) groups excluding carboxylic acids is 4. The molecule has 3 unspecified atom stereocenters. The Bertz CT molecular complexity index is 3030. The number of piperidine rings is 1. The molecule has 4 atom stereocenters. The van der Waals surface area contributed by atoms with Crippen molar-refractivity contribution in [2.75, 3.05) is 51.1 Å². The van der Waals surface area contributed by atoms with Gasteiger partial charge in [0.15, 0.2) is 5.75 Å². The van der Waals surface area contributed by atoms with Crippen LogP contribution in [0.2, 0.25) is 0 Å². The summed E-state index contributed by atoms with van der Waals surface area (Å²) in [5, 5.41) is 39.2. The number of esters is 1. The van der Waals surface area contributed by atoms with Gasteiger partial charge in [0.05, 0.1) is 35.0 Å². The maximum Gasteiger partial charge on any atom is 0.315 e. The van der Waals surface area contributed by atoms with Gasteiger partial charge < -0.3 is 44.6 Å². The summed E-state index contributed by atoms with van der Waals surface area (Å²) in [5.74, 6) is -4.41. The molecule has 4 aromatic rings. The average molecular weight is 1040 g/mol. The number of benzene rings is 4. The quantitative estimate of drug-likeness (QED) is 0.0760. The number of nitrogens with zero attached hydrogens (tertiary/aromatic N) is 5. The van der Waals surface area contributed by atoms with Crippen molar-refractivity contribution < 1.29 is 48.7 Å². The Morgan fingerprint density at radius 1 is 0.882 bits per heavy atom. The molecule has 4 N–H and O–H groups in total. The number of allylic oxidation sites excluding steroid dienone is 4. The molecule has 6 aliphatic heterocycles. The first-order valence-corrected chi connectivity index (χ1v) is 26.9. The Hall–Kier alpha value is -6.88. The number of carbonyl (C=O) groups is 4. The van der Waals surface area contributed by atoms with Crippen molar-refractivity contribution in [3.05, 3.63) is 130 Å². The van der Waals surface area contributed by atoms with Gasteiger partial charge in [0.1, 0.15) is 40.4 Å². The van der Waals surface area contributed by atoms with Crippen LogP contribution in [0.1, 0.15) is 119 Å². The predicted molar refractivity (Wildman–Crippen MR) is 288 cm³/mol. The molecule has 6 heterocycles. The van der Waals surface area contributed by atoms with E-state index in [1.807, 2.05) is 49.4 Å². The number of fused-ring (bicyclic) bond motifs is 13. The Morgan fingerprint density at radius 2 is 1.55 bits per heavy atom. The molecule has 76 heavy (non-hydrogen) atoms. The van der Waals surface area contributed by atoms with Crippen molar-refractivity contribution in [2.45, 2.75) is 123 Å². The van der Waals surface area contributed by atoms with Crippen LogP contribution in [0.4, 0.5) is 5.69 Å². The number of hydrogen-bond acceptors (Lipinski definition) is 14. The second-order valence-corrected chi connectivity index (χ2v) is 21.8. The molecule has 10 rings (SSSR count). The molecule has 6 aliphatic rings. The van der Waals surface area contributed by atoms with Crippen LogP contribution in [0.5, 0.6) is 17.2 Å². The van der Waals surface area contributed by atoms with E-state index in [2.05, 4.69) is 58.2 Å². The highest BCUT2D eigenvalue weighted by atomic mass is 16.7. The second kappa shape index (κ2) is 22.8. The average Bonchev–Trinajstić information content (AvgIpc) is 4.02. The van der Waals surface area contributed by atoms with Gasteiger partial charge >= 0.3 is 11.8 Å². The summed E-state index contributed by atoms with van der Waals surface area (Å²) in [6.07, 6.45) is 9.19. The Kier molecular flexibility index (Phi) is 16.1. The second-order valence-electron chi connectivity index (χ2n) is 21.8. The van der Waals surface area contributed by atoms with E-state index in [1.165, 1.54) is 24.3 Å². The third-order valence-corrected chi connectivity index (χ3v) is 15.5. The number of hydrogen-bond donors (Lipinski definition) is 4. The standard InChI is InChI=1S/C60H72N6O10/c1-37(2)36-64-27-25-60(26-28-64)62-50-47-48-54(70)40(5)56-49(47)57(72)59(6,76-56)74-33-14-13-22-44(34-43(67)24-23-38(3)16-15-17-39(4)58(73)61-52(55(48)71)51(50)63-60)75-46(69)35-45(68)65-29-31-66(32-30-65)53(41-18-9-7-10-19-41)42-20-11-8-12-21-42/h7-12,14-21,33,37-38,43-44,53,62,67,70-71H,13,22-32,34-36H2,1-6H3/b16-15+,33-14+,39-17-,61-52?/t38?,43?,44-,59?/m1/s1. The van der Waals surface area contributed by atoms with Gasteiger partial charge in [-0.2, -0.15) is 0 Å². The van der Waals surface area contributed by atoms with E-state index >= 15 is 0 Å². The fourth-order valence-electron chi connectivity index (χ4n) is 11.3. The van der Waals surface area contributed by atoms with E-state index in [-0.39, 0.29) is 80.4 Å². The fourth-order valence-corrected chi connectivity index (χ4v) is 11.3. The molecule has 16 nitrogen and oxygen atoms in total. The summed E-state index contributed by atoms with van der Waals surface area (Å²) in [6.45, 7) is 15.6. The molecule has 1 spiro atoms. The molecule has 402 valence electrons. The van der Waals surface area contributed by atoms with Gasteiger partial charge in [-0.05, 0) is 68.6 Å². The number of nitrogens with one attached hydrogen (secondary N) is 1. The Balaban J connectivity index is 0.947. The zero-order valence-corrected chi connectivity index (χ0v) is 44.6. The van der Waals surface area contributed by atoms with Crippen LogP contribution < -0.4 is 20.8 Å². The number of aliphatic hydroxyl groups excluding tert-OH is 1. The number of rotatable bonds is 8. The van der Waals surface area contributed by atoms with Gasteiger partial charge in [-0.25, -0.2) is 4.99 Å². The van der Waals surface area contributed by atoms with Gasteiger partial charge in [0.2, 0.25) is 5.91 Å². The van der Waals surface area contributed by atoms with Crippen molar-refractivity contribution in [2.24, 2.45) is 21.8 Å². The van der Waals surface area contributed by atoms with Gasteiger partial charge in [0.25, 0.3) is 11.7 Å². The number of phenols is 2. The Labute approximate surface area is 444 Å². The third kappa shape index (κ3) is 11.4. The zero-order valence-electron chi connectivity index (χ0n) is 44.6. The number of anilines is 1. The van der Waals surface area contributed by atoms with Gasteiger partial charge in [-0.3, -0.25) is 29.1 Å². The number of aromatic hydroxyl groups is 2. The largest absolute Gasteiger partial charge is 0.507 e. The summed E-state index contributed by atoms with van der Waals surface area (Å²) < 4.78 is 18.4. The van der Waals surface area contributed by atoms with Crippen molar-refractivity contribution in [3.63, 3.8) is 0 Å². The third-order valence-electron chi connectivity index (χ3n) is 15.5. The summed E-state index contributed by atoms with van der Waals surface area (Å²) in [7, 11) is 0. The topological polar surface area (TPSA) is 203 Å². The summed E-state index contributed by atoms with van der Waals surface area (Å²) in [5.41, 5.74) is 2.38. The number of ether oxygens (including phenoxy) is 3. The molecule has 0 aromatic heterocycles. The van der Waals surface area contributed by atoms with Crippen LogP contribution in [0.25, 0.3) is 10.8 Å². The molecule has 2 amide bonds. The smallest absolute Gasteiger partial charge is 0.315 e. The monoisotopic (exact) mass is 1040 g/mol. The number of ketones is 1. The van der Waals surface area contributed by atoms with Crippen molar-refractivity contribution in [1.29, 1.82) is 0 Å². The molecule has 16 heteroatoms. The first-order valence-electron chi connectivity index (χ1n) is 26.9. The molecular formula is C60H72N6O10. The summed E-state index contributed by atoms with van der Waals surface area (Å²) in [6, 6.07) is 20.6. The maximum atomic E-state index is 14.8. The number of piperazine rings is 1. The van der Waals surface area contributed by atoms with E-state index in [4.69, 9.17) is 19.2 Å². The lowest BCUT2D eigenvalue weighted by atomic mass is 9.92. The first kappa shape index (κ1) is 53.9. The lowest BCUT2D eigenvalue weighted by Crippen LogP contribution is -2.50. The molecule has 4 aromatic carbocycles. The number of amides is 2. The lowest BCUT2D eigenvalue weighted by Gasteiger charge is -2.39. The van der Waals surface area contributed by atoms with E-state index < -0.39 is 53.5 Å². The van der Waals surface area contributed by atoms with E-state index in [0.29, 0.717) is 69.9 Å². The molecule has 0 radical (unpaired) electrons. The van der Waals surface area contributed by atoms with Crippen LogP contribution in [0, 0.1) is 18.8 Å². The van der Waals surface area contributed by atoms with Crippen molar-refractivity contribution >= 4 is 40.0 Å². The Morgan fingerprint density at radius 3 is 2.21 bits per heavy atom. The first-order chi connectivity index (χ1) is 36.4. The maximum absolute atomic E-state index is 14.8. The van der Waals surface area contributed by atoms with E-state index in [0.717, 1.165) is 19.6 Å². The molecule has 5 bridgehead atoms. The normalized spacial score (nSPS) is 25.0. The highest BCUT2D eigenvalue weighted by Crippen LogP contribution is 2.51. The number of likely N-dealkylation sites (tertiary alicyclic amines) is 1. The lowest BCUT2D eigenvalue weighted by molar-refractivity contribution is -0.155. The number of phenolic OH excluding ortho intramolecular Hbond substituents is 2. The molecule has 2 fully saturated rings. The molecule has 0 aliphatic carbocycles. The molecule has 0 saturated carbocycles.